The SMILES string of the molecule is C=CC1CC1/C=C/CCCC. The van der Waals surface area contributed by atoms with Crippen LogP contribution in [0, 0.1) is 11.8 Å². The highest BCUT2D eigenvalue weighted by molar-refractivity contribution is 5.08. The minimum Gasteiger partial charge on any atom is -0.103 e. The van der Waals surface area contributed by atoms with Gasteiger partial charge in [-0.25, -0.2) is 0 Å². The molecule has 0 saturated heterocycles. The Labute approximate surface area is 70.0 Å². The zero-order chi connectivity index (χ0) is 8.10. The standard InChI is InChI=1S/C11H18/c1-3-5-6-7-8-11-9-10(11)4-2/h4,7-8,10-11H,2-3,5-6,9H2,1H3/b8-7+. The lowest BCUT2D eigenvalue weighted by atomic mass is 10.2. The van der Waals surface area contributed by atoms with Crippen LogP contribution in [-0.2, 0) is 0 Å². The van der Waals surface area contributed by atoms with E-state index in [1.165, 1.54) is 25.7 Å². The van der Waals surface area contributed by atoms with Crippen LogP contribution in [0.15, 0.2) is 24.8 Å². The monoisotopic (exact) mass is 150 g/mol. The molecular formula is C11H18. The summed E-state index contributed by atoms with van der Waals surface area (Å²) in [7, 11) is 0. The molecule has 0 radical (unpaired) electrons. The molecule has 0 amide bonds. The normalized spacial score (nSPS) is 29.2. The second kappa shape index (κ2) is 4.38. The highest BCUT2D eigenvalue weighted by Gasteiger charge is 2.31. The summed E-state index contributed by atoms with van der Waals surface area (Å²) in [5.74, 6) is 1.64. The van der Waals surface area contributed by atoms with Crippen molar-refractivity contribution in [1.82, 2.24) is 0 Å². The fourth-order valence-electron chi connectivity index (χ4n) is 1.32. The van der Waals surface area contributed by atoms with Crippen molar-refractivity contribution in [3.8, 4) is 0 Å². The quantitative estimate of drug-likeness (QED) is 0.415. The van der Waals surface area contributed by atoms with Crippen LogP contribution in [0.2, 0.25) is 0 Å². The summed E-state index contributed by atoms with van der Waals surface area (Å²) in [6.07, 6.45) is 12.0. The topological polar surface area (TPSA) is 0 Å². The van der Waals surface area contributed by atoms with Crippen LogP contribution in [-0.4, -0.2) is 0 Å². The van der Waals surface area contributed by atoms with E-state index < -0.39 is 0 Å². The summed E-state index contributed by atoms with van der Waals surface area (Å²) < 4.78 is 0. The Morgan fingerprint density at radius 3 is 2.82 bits per heavy atom. The van der Waals surface area contributed by atoms with E-state index in [1.54, 1.807) is 0 Å². The van der Waals surface area contributed by atoms with E-state index in [1.807, 2.05) is 0 Å². The lowest BCUT2D eigenvalue weighted by molar-refractivity contribution is 0.810. The van der Waals surface area contributed by atoms with E-state index >= 15 is 0 Å². The molecule has 1 fully saturated rings. The smallest absolute Gasteiger partial charge is 0.0165 e. The molecule has 0 spiro atoms. The predicted molar refractivity (Wildman–Crippen MR) is 50.5 cm³/mol. The Balaban J connectivity index is 2.03. The summed E-state index contributed by atoms with van der Waals surface area (Å²) in [4.78, 5) is 0. The van der Waals surface area contributed by atoms with Crippen LogP contribution in [0.25, 0.3) is 0 Å². The maximum Gasteiger partial charge on any atom is -0.0165 e. The van der Waals surface area contributed by atoms with Gasteiger partial charge in [-0.2, -0.15) is 0 Å². The van der Waals surface area contributed by atoms with Gasteiger partial charge >= 0.3 is 0 Å². The molecule has 0 heteroatoms. The van der Waals surface area contributed by atoms with Crippen LogP contribution in [0.5, 0.6) is 0 Å². The first-order valence-corrected chi connectivity index (χ1v) is 4.67. The third-order valence-corrected chi connectivity index (χ3v) is 2.30. The molecule has 11 heavy (non-hydrogen) atoms. The van der Waals surface area contributed by atoms with E-state index in [2.05, 4.69) is 31.7 Å². The van der Waals surface area contributed by atoms with Crippen molar-refractivity contribution in [2.75, 3.05) is 0 Å². The van der Waals surface area contributed by atoms with Crippen LogP contribution in [0.4, 0.5) is 0 Å². The van der Waals surface area contributed by atoms with Crippen molar-refractivity contribution in [3.05, 3.63) is 24.8 Å². The maximum atomic E-state index is 3.78. The summed E-state index contributed by atoms with van der Waals surface area (Å²) in [6.45, 7) is 6.02. The van der Waals surface area contributed by atoms with Gasteiger partial charge in [0.1, 0.15) is 0 Å². The molecule has 0 nitrogen and oxygen atoms in total. The molecule has 1 rings (SSSR count). The van der Waals surface area contributed by atoms with Crippen LogP contribution in [0.1, 0.15) is 32.6 Å². The van der Waals surface area contributed by atoms with E-state index in [0.29, 0.717) is 0 Å². The molecule has 0 N–H and O–H groups in total. The summed E-state index contributed by atoms with van der Waals surface area (Å²) >= 11 is 0. The molecule has 1 saturated carbocycles. The van der Waals surface area contributed by atoms with Crippen molar-refractivity contribution in [3.63, 3.8) is 0 Å². The molecule has 1 aliphatic rings. The molecule has 1 aliphatic carbocycles. The molecule has 0 aromatic heterocycles. The summed E-state index contributed by atoms with van der Waals surface area (Å²) in [5.41, 5.74) is 0. The Morgan fingerprint density at radius 1 is 1.45 bits per heavy atom. The van der Waals surface area contributed by atoms with E-state index in [9.17, 15) is 0 Å². The summed E-state index contributed by atoms with van der Waals surface area (Å²) in [6, 6.07) is 0. The molecular weight excluding hydrogens is 132 g/mol. The minimum absolute atomic E-state index is 0.799. The Kier molecular flexibility index (Phi) is 3.41. The van der Waals surface area contributed by atoms with Gasteiger partial charge in [0.25, 0.3) is 0 Å². The average molecular weight is 150 g/mol. The van der Waals surface area contributed by atoms with Gasteiger partial charge in [0.05, 0.1) is 0 Å². The van der Waals surface area contributed by atoms with Gasteiger partial charge < -0.3 is 0 Å². The first-order valence-electron chi connectivity index (χ1n) is 4.67. The molecule has 0 heterocycles. The zero-order valence-electron chi connectivity index (χ0n) is 7.42. The van der Waals surface area contributed by atoms with Gasteiger partial charge in [-0.1, -0.05) is 38.0 Å². The third-order valence-electron chi connectivity index (χ3n) is 2.30. The summed E-state index contributed by atoms with van der Waals surface area (Å²) in [5, 5.41) is 0. The molecule has 0 aliphatic heterocycles. The van der Waals surface area contributed by atoms with Crippen LogP contribution < -0.4 is 0 Å². The van der Waals surface area contributed by atoms with Gasteiger partial charge in [0.15, 0.2) is 0 Å². The Bertz CT molecular complexity index is 144. The zero-order valence-corrected chi connectivity index (χ0v) is 7.42. The third kappa shape index (κ3) is 2.92. The first-order chi connectivity index (χ1) is 5.38. The Morgan fingerprint density at radius 2 is 2.27 bits per heavy atom. The van der Waals surface area contributed by atoms with E-state index in [0.717, 1.165) is 11.8 Å². The number of hydrogen-bond acceptors (Lipinski definition) is 0. The lowest BCUT2D eigenvalue weighted by Crippen LogP contribution is -1.71. The second-order valence-electron chi connectivity index (χ2n) is 3.37. The van der Waals surface area contributed by atoms with Crippen molar-refractivity contribution < 1.29 is 0 Å². The highest BCUT2D eigenvalue weighted by atomic mass is 14.3. The van der Waals surface area contributed by atoms with Gasteiger partial charge in [0.2, 0.25) is 0 Å². The van der Waals surface area contributed by atoms with Crippen molar-refractivity contribution >= 4 is 0 Å². The Hall–Kier alpha value is -0.520. The molecule has 2 unspecified atom stereocenters. The van der Waals surface area contributed by atoms with Crippen LogP contribution in [0.3, 0.4) is 0 Å². The van der Waals surface area contributed by atoms with Gasteiger partial charge in [-0.15, -0.1) is 6.58 Å². The van der Waals surface area contributed by atoms with Crippen molar-refractivity contribution in [2.45, 2.75) is 32.6 Å². The minimum atomic E-state index is 0.799. The molecule has 0 aromatic carbocycles. The molecule has 2 atom stereocenters. The molecule has 0 bridgehead atoms. The average Bonchev–Trinajstić information content (AvgIpc) is 2.77. The number of rotatable bonds is 5. The fourth-order valence-corrected chi connectivity index (χ4v) is 1.32. The first kappa shape index (κ1) is 8.58. The number of allylic oxidation sites excluding steroid dienone is 3. The van der Waals surface area contributed by atoms with Gasteiger partial charge in [-0.3, -0.25) is 0 Å². The fraction of sp³-hybridized carbons (Fsp3) is 0.636. The predicted octanol–water partition coefficient (Wildman–Crippen LogP) is 3.55. The number of hydrogen-bond donors (Lipinski definition) is 0. The van der Waals surface area contributed by atoms with Gasteiger partial charge in [-0.05, 0) is 24.7 Å². The van der Waals surface area contributed by atoms with Gasteiger partial charge in [0, 0.05) is 0 Å². The second-order valence-corrected chi connectivity index (χ2v) is 3.37. The van der Waals surface area contributed by atoms with E-state index in [4.69, 9.17) is 0 Å². The molecule has 0 aromatic rings. The van der Waals surface area contributed by atoms with E-state index in [-0.39, 0.29) is 0 Å². The van der Waals surface area contributed by atoms with Crippen molar-refractivity contribution in [1.29, 1.82) is 0 Å². The maximum absolute atomic E-state index is 3.78. The van der Waals surface area contributed by atoms with Crippen LogP contribution >= 0.6 is 0 Å². The molecule has 62 valence electrons. The highest BCUT2D eigenvalue weighted by Crippen LogP contribution is 2.40. The largest absolute Gasteiger partial charge is 0.103 e. The van der Waals surface area contributed by atoms with Crippen molar-refractivity contribution in [2.24, 2.45) is 11.8 Å². The lowest BCUT2D eigenvalue weighted by Gasteiger charge is -1.87. The number of unbranched alkanes of at least 4 members (excludes halogenated alkanes) is 2.